The molecule has 0 bridgehead atoms. The van der Waals surface area contributed by atoms with E-state index in [2.05, 4.69) is 5.43 Å². The molecule has 0 aliphatic heterocycles. The van der Waals surface area contributed by atoms with Crippen LogP contribution in [0.2, 0.25) is 0 Å². The number of carbonyl (C=O) groups excluding carboxylic acids is 1. The molecular weight excluding hydrogens is 290 g/mol. The highest BCUT2D eigenvalue weighted by Gasteiger charge is 2.23. The van der Waals surface area contributed by atoms with E-state index in [9.17, 15) is 13.2 Å². The highest BCUT2D eigenvalue weighted by atomic mass is 32.2. The number of benzene rings is 1. The van der Waals surface area contributed by atoms with Gasteiger partial charge in [0.1, 0.15) is 0 Å². The summed E-state index contributed by atoms with van der Waals surface area (Å²) in [6, 6.07) is 4.62. The van der Waals surface area contributed by atoms with Crippen LogP contribution in [0.4, 0.5) is 0 Å². The van der Waals surface area contributed by atoms with Crippen LogP contribution in [0.1, 0.15) is 29.8 Å². The maximum absolute atomic E-state index is 12.5. The van der Waals surface area contributed by atoms with Crippen LogP contribution in [0.15, 0.2) is 23.1 Å². The Hall–Kier alpha value is -1.44. The molecule has 1 aromatic rings. The Morgan fingerprint density at radius 1 is 1.19 bits per heavy atom. The molecule has 0 saturated carbocycles. The van der Waals surface area contributed by atoms with Crippen molar-refractivity contribution in [1.82, 2.24) is 14.7 Å². The number of carbonyl (C=O) groups is 1. The largest absolute Gasteiger partial charge is 0.285 e. The molecule has 0 saturated heterocycles. The molecular formula is C14H23N3O3S. The third-order valence-corrected chi connectivity index (χ3v) is 5.17. The van der Waals surface area contributed by atoms with E-state index in [0.29, 0.717) is 18.7 Å². The molecule has 0 aliphatic rings. The second-order valence-electron chi connectivity index (χ2n) is 4.90. The molecule has 0 radical (unpaired) electrons. The van der Waals surface area contributed by atoms with Crippen LogP contribution < -0.4 is 5.43 Å². The molecule has 0 aromatic heterocycles. The number of hydrogen-bond acceptors (Lipinski definition) is 4. The number of amides is 1. The Kier molecular flexibility index (Phi) is 5.88. The molecule has 1 N–H and O–H groups in total. The number of rotatable bonds is 6. The molecule has 21 heavy (non-hydrogen) atoms. The van der Waals surface area contributed by atoms with Crippen LogP contribution in [0.3, 0.4) is 0 Å². The zero-order chi connectivity index (χ0) is 16.2. The van der Waals surface area contributed by atoms with Gasteiger partial charge in [-0.3, -0.25) is 10.2 Å². The van der Waals surface area contributed by atoms with Gasteiger partial charge in [-0.2, -0.15) is 4.31 Å². The van der Waals surface area contributed by atoms with E-state index in [1.165, 1.54) is 21.4 Å². The minimum atomic E-state index is -3.56. The molecule has 0 spiro atoms. The van der Waals surface area contributed by atoms with E-state index in [0.717, 1.165) is 5.56 Å². The monoisotopic (exact) mass is 313 g/mol. The summed E-state index contributed by atoms with van der Waals surface area (Å²) < 4.78 is 26.3. The average Bonchev–Trinajstić information content (AvgIpc) is 2.39. The number of hydrogen-bond donors (Lipinski definition) is 1. The van der Waals surface area contributed by atoms with Gasteiger partial charge in [-0.25, -0.2) is 13.4 Å². The maximum Gasteiger partial charge on any atom is 0.265 e. The Morgan fingerprint density at radius 2 is 1.76 bits per heavy atom. The highest BCUT2D eigenvalue weighted by molar-refractivity contribution is 7.89. The van der Waals surface area contributed by atoms with Crippen molar-refractivity contribution in [3.05, 3.63) is 29.3 Å². The van der Waals surface area contributed by atoms with Crippen molar-refractivity contribution in [1.29, 1.82) is 0 Å². The van der Waals surface area contributed by atoms with E-state index in [-0.39, 0.29) is 10.8 Å². The summed E-state index contributed by atoms with van der Waals surface area (Å²) in [6.07, 6.45) is 0. The number of nitrogens with one attached hydrogen (secondary N) is 1. The molecule has 0 heterocycles. The summed E-state index contributed by atoms with van der Waals surface area (Å²) in [5, 5.41) is 1.52. The zero-order valence-electron chi connectivity index (χ0n) is 13.2. The molecule has 0 unspecified atom stereocenters. The summed E-state index contributed by atoms with van der Waals surface area (Å²) in [5.41, 5.74) is 3.71. The Bertz CT molecular complexity index is 608. The number of hydrazine groups is 1. The third-order valence-electron chi connectivity index (χ3n) is 3.12. The van der Waals surface area contributed by atoms with Crippen LogP contribution in [0.5, 0.6) is 0 Å². The van der Waals surface area contributed by atoms with Gasteiger partial charge in [0, 0.05) is 32.7 Å². The fraction of sp³-hybridized carbons (Fsp3) is 0.500. The summed E-state index contributed by atoms with van der Waals surface area (Å²) in [7, 11) is -0.166. The standard InChI is InChI=1S/C14H23N3O3S/c1-6-17(7-2)21(19,20)12-9-8-11(3)13(10-12)14(18)15-16(4)5/h8-10H,6-7H2,1-5H3,(H,15,18). The first-order valence-corrected chi connectivity index (χ1v) is 8.27. The molecule has 0 fully saturated rings. The van der Waals surface area contributed by atoms with Crippen molar-refractivity contribution in [2.45, 2.75) is 25.7 Å². The van der Waals surface area contributed by atoms with Crippen LogP contribution in [-0.2, 0) is 10.0 Å². The molecule has 1 amide bonds. The first-order valence-electron chi connectivity index (χ1n) is 6.83. The van der Waals surface area contributed by atoms with Crippen molar-refractivity contribution in [3.63, 3.8) is 0 Å². The summed E-state index contributed by atoms with van der Waals surface area (Å²) in [5.74, 6) is -0.325. The van der Waals surface area contributed by atoms with Gasteiger partial charge < -0.3 is 0 Å². The van der Waals surface area contributed by atoms with Gasteiger partial charge in [0.15, 0.2) is 0 Å². The van der Waals surface area contributed by atoms with Gasteiger partial charge in [0.05, 0.1) is 4.90 Å². The number of nitrogens with zero attached hydrogens (tertiary/aromatic N) is 2. The fourth-order valence-electron chi connectivity index (χ4n) is 1.98. The number of sulfonamides is 1. The second-order valence-corrected chi connectivity index (χ2v) is 6.84. The average molecular weight is 313 g/mol. The molecule has 1 rings (SSSR count). The van der Waals surface area contributed by atoms with Crippen LogP contribution in [-0.4, -0.2) is 50.8 Å². The van der Waals surface area contributed by atoms with Gasteiger partial charge in [-0.1, -0.05) is 19.9 Å². The summed E-state index contributed by atoms with van der Waals surface area (Å²) >= 11 is 0. The lowest BCUT2D eigenvalue weighted by atomic mass is 10.1. The van der Waals surface area contributed by atoms with Gasteiger partial charge in [-0.15, -0.1) is 0 Å². The van der Waals surface area contributed by atoms with Crippen LogP contribution >= 0.6 is 0 Å². The Labute approximate surface area is 126 Å². The quantitative estimate of drug-likeness (QED) is 0.802. The molecule has 0 aliphatic carbocycles. The van der Waals surface area contributed by atoms with Gasteiger partial charge in [0.25, 0.3) is 5.91 Å². The zero-order valence-corrected chi connectivity index (χ0v) is 14.0. The third kappa shape index (κ3) is 4.03. The second kappa shape index (κ2) is 7.02. The van der Waals surface area contributed by atoms with Crippen molar-refractivity contribution < 1.29 is 13.2 Å². The lowest BCUT2D eigenvalue weighted by molar-refractivity contribution is 0.0856. The molecule has 1 aromatic carbocycles. The normalized spacial score (nSPS) is 12.0. The van der Waals surface area contributed by atoms with Crippen molar-refractivity contribution in [2.75, 3.05) is 27.2 Å². The predicted molar refractivity (Wildman–Crippen MR) is 82.4 cm³/mol. The Balaban J connectivity index is 3.27. The van der Waals surface area contributed by atoms with E-state index in [1.54, 1.807) is 40.9 Å². The fourth-order valence-corrected chi connectivity index (χ4v) is 3.47. The molecule has 6 nitrogen and oxygen atoms in total. The van der Waals surface area contributed by atoms with Crippen molar-refractivity contribution >= 4 is 15.9 Å². The van der Waals surface area contributed by atoms with Crippen molar-refractivity contribution in [3.8, 4) is 0 Å². The predicted octanol–water partition coefficient (Wildman–Crippen LogP) is 1.23. The molecule has 0 atom stereocenters. The Morgan fingerprint density at radius 3 is 2.24 bits per heavy atom. The first-order chi connectivity index (χ1) is 9.73. The van der Waals surface area contributed by atoms with E-state index < -0.39 is 10.0 Å². The number of aryl methyl sites for hydroxylation is 1. The maximum atomic E-state index is 12.5. The molecule has 7 heteroatoms. The molecule has 118 valence electrons. The minimum absolute atomic E-state index is 0.140. The van der Waals surface area contributed by atoms with Gasteiger partial charge >= 0.3 is 0 Å². The van der Waals surface area contributed by atoms with Crippen molar-refractivity contribution in [2.24, 2.45) is 0 Å². The van der Waals surface area contributed by atoms with E-state index in [4.69, 9.17) is 0 Å². The van der Waals surface area contributed by atoms with E-state index >= 15 is 0 Å². The summed E-state index contributed by atoms with van der Waals surface area (Å²) in [4.78, 5) is 12.2. The van der Waals surface area contributed by atoms with Crippen LogP contribution in [0.25, 0.3) is 0 Å². The van der Waals surface area contributed by atoms with Gasteiger partial charge in [0.2, 0.25) is 10.0 Å². The highest BCUT2D eigenvalue weighted by Crippen LogP contribution is 2.19. The SMILES string of the molecule is CCN(CC)S(=O)(=O)c1ccc(C)c(C(=O)NN(C)C)c1. The summed E-state index contributed by atoms with van der Waals surface area (Å²) in [6.45, 7) is 6.14. The van der Waals surface area contributed by atoms with E-state index in [1.807, 2.05) is 0 Å². The minimum Gasteiger partial charge on any atom is -0.285 e. The lowest BCUT2D eigenvalue weighted by Crippen LogP contribution is -2.36. The van der Waals surface area contributed by atoms with Crippen LogP contribution in [0, 0.1) is 6.92 Å². The lowest BCUT2D eigenvalue weighted by Gasteiger charge is -2.19. The first kappa shape index (κ1) is 17.6. The topological polar surface area (TPSA) is 69.7 Å². The van der Waals surface area contributed by atoms with Gasteiger partial charge in [-0.05, 0) is 24.6 Å². The smallest absolute Gasteiger partial charge is 0.265 e.